The minimum atomic E-state index is 0.528. The first-order chi connectivity index (χ1) is 7.69. The van der Waals surface area contributed by atoms with Crippen molar-refractivity contribution in [2.75, 3.05) is 23.9 Å². The maximum Gasteiger partial charge on any atom is 0.295 e. The summed E-state index contributed by atoms with van der Waals surface area (Å²) in [5.41, 5.74) is 7.90. The van der Waals surface area contributed by atoms with Crippen LogP contribution >= 0.6 is 11.8 Å². The van der Waals surface area contributed by atoms with Gasteiger partial charge in [-0.15, -0.1) is 0 Å². The van der Waals surface area contributed by atoms with Gasteiger partial charge in [-0.3, -0.25) is 0 Å². The normalized spacial score (nSPS) is 12.9. The highest BCUT2D eigenvalue weighted by atomic mass is 32.2. The largest absolute Gasteiger partial charge is 0.423 e. The van der Waals surface area contributed by atoms with Gasteiger partial charge in [-0.25, -0.2) is 0 Å². The van der Waals surface area contributed by atoms with Crippen molar-refractivity contribution in [1.82, 2.24) is 4.98 Å². The van der Waals surface area contributed by atoms with Crippen LogP contribution in [0, 0.1) is 0 Å². The van der Waals surface area contributed by atoms with E-state index >= 15 is 0 Å². The second kappa shape index (κ2) is 4.65. The first-order valence-electron chi connectivity index (χ1n) is 5.12. The van der Waals surface area contributed by atoms with Crippen LogP contribution in [-0.2, 0) is 0 Å². The summed E-state index contributed by atoms with van der Waals surface area (Å²) in [6.07, 6.45) is 2.08. The Morgan fingerprint density at radius 3 is 3.12 bits per heavy atom. The van der Waals surface area contributed by atoms with E-state index in [9.17, 15) is 0 Å². The predicted octanol–water partition coefficient (Wildman–Crippen LogP) is 2.57. The molecule has 1 heterocycles. The molecule has 0 aliphatic rings. The van der Waals surface area contributed by atoms with Gasteiger partial charge in [0.1, 0.15) is 5.52 Å². The van der Waals surface area contributed by atoms with Gasteiger partial charge in [-0.1, -0.05) is 6.92 Å². The lowest BCUT2D eigenvalue weighted by atomic mass is 10.3. The number of benzene rings is 1. The second-order valence-corrected chi connectivity index (χ2v) is 4.95. The standard InChI is InChI=1S/C11H15N3OS/c1-7(16-2)6-13-11-14-9-4-3-8(12)5-10(9)15-11/h3-5,7H,6,12H2,1-2H3,(H,13,14). The molecule has 1 unspecified atom stereocenters. The number of thioether (sulfide) groups is 1. The maximum atomic E-state index is 5.67. The van der Waals surface area contributed by atoms with Gasteiger partial charge >= 0.3 is 0 Å². The number of aromatic nitrogens is 1. The minimum absolute atomic E-state index is 0.528. The number of fused-ring (bicyclic) bond motifs is 1. The molecule has 86 valence electrons. The van der Waals surface area contributed by atoms with Gasteiger partial charge in [-0.2, -0.15) is 16.7 Å². The first-order valence-corrected chi connectivity index (χ1v) is 6.40. The van der Waals surface area contributed by atoms with E-state index in [1.165, 1.54) is 0 Å². The summed E-state index contributed by atoms with van der Waals surface area (Å²) in [6.45, 7) is 2.99. The SMILES string of the molecule is CSC(C)CNc1nc2ccc(N)cc2o1. The number of hydrogen-bond acceptors (Lipinski definition) is 5. The van der Waals surface area contributed by atoms with Crippen molar-refractivity contribution < 1.29 is 4.42 Å². The third-order valence-corrected chi connectivity index (χ3v) is 3.33. The lowest BCUT2D eigenvalue weighted by molar-refractivity contribution is 0.614. The van der Waals surface area contributed by atoms with Crippen LogP contribution in [0.3, 0.4) is 0 Å². The zero-order chi connectivity index (χ0) is 11.5. The van der Waals surface area contributed by atoms with Crippen LogP contribution in [0.5, 0.6) is 0 Å². The van der Waals surface area contributed by atoms with Crippen LogP contribution in [0.25, 0.3) is 11.1 Å². The summed E-state index contributed by atoms with van der Waals surface area (Å²) in [5.74, 6) is 0. The number of nitrogen functional groups attached to an aromatic ring is 1. The molecule has 0 spiro atoms. The van der Waals surface area contributed by atoms with Crippen molar-refractivity contribution >= 4 is 34.6 Å². The molecule has 3 N–H and O–H groups in total. The molecular formula is C11H15N3OS. The van der Waals surface area contributed by atoms with Crippen LogP contribution in [0.1, 0.15) is 6.92 Å². The summed E-state index contributed by atoms with van der Waals surface area (Å²) in [6, 6.07) is 6.02. The third kappa shape index (κ3) is 2.41. The molecule has 4 nitrogen and oxygen atoms in total. The second-order valence-electron chi connectivity index (χ2n) is 3.67. The molecule has 0 bridgehead atoms. The Balaban J connectivity index is 2.13. The van der Waals surface area contributed by atoms with Crippen LogP contribution in [0.2, 0.25) is 0 Å². The number of nitrogens with two attached hydrogens (primary N) is 1. The zero-order valence-corrected chi connectivity index (χ0v) is 10.2. The summed E-state index contributed by atoms with van der Waals surface area (Å²) < 4.78 is 5.53. The van der Waals surface area contributed by atoms with Crippen molar-refractivity contribution in [2.45, 2.75) is 12.2 Å². The number of oxazole rings is 1. The number of anilines is 2. The van der Waals surface area contributed by atoms with Crippen molar-refractivity contribution in [3.05, 3.63) is 18.2 Å². The molecule has 0 saturated carbocycles. The van der Waals surface area contributed by atoms with Crippen molar-refractivity contribution in [3.63, 3.8) is 0 Å². The number of nitrogens with zero attached hydrogens (tertiary/aromatic N) is 1. The third-order valence-electron chi connectivity index (χ3n) is 2.36. The molecule has 2 aromatic rings. The minimum Gasteiger partial charge on any atom is -0.423 e. The fraction of sp³-hybridized carbons (Fsp3) is 0.364. The maximum absolute atomic E-state index is 5.67. The molecular weight excluding hydrogens is 222 g/mol. The van der Waals surface area contributed by atoms with Crippen molar-refractivity contribution in [1.29, 1.82) is 0 Å². The van der Waals surface area contributed by atoms with Gasteiger partial charge in [-0.05, 0) is 18.4 Å². The highest BCUT2D eigenvalue weighted by Crippen LogP contribution is 2.21. The molecule has 1 aromatic heterocycles. The Labute approximate surface area is 98.6 Å². The molecule has 0 aliphatic carbocycles. The van der Waals surface area contributed by atoms with E-state index in [4.69, 9.17) is 10.2 Å². The van der Waals surface area contributed by atoms with Gasteiger partial charge in [0, 0.05) is 23.5 Å². The van der Waals surface area contributed by atoms with Gasteiger partial charge in [0.2, 0.25) is 0 Å². The molecule has 1 atom stereocenters. The number of rotatable bonds is 4. The number of hydrogen-bond donors (Lipinski definition) is 2. The fourth-order valence-electron chi connectivity index (χ4n) is 1.33. The quantitative estimate of drug-likeness (QED) is 0.800. The Bertz CT molecular complexity index is 483. The monoisotopic (exact) mass is 237 g/mol. The predicted molar refractivity (Wildman–Crippen MR) is 69.9 cm³/mol. The Kier molecular flexibility index (Phi) is 3.24. The molecule has 0 fully saturated rings. The lowest BCUT2D eigenvalue weighted by Crippen LogP contribution is -2.12. The first kappa shape index (κ1) is 11.1. The molecule has 16 heavy (non-hydrogen) atoms. The van der Waals surface area contributed by atoms with Crippen LogP contribution in [0.15, 0.2) is 22.6 Å². The van der Waals surface area contributed by atoms with E-state index in [1.807, 2.05) is 12.1 Å². The van der Waals surface area contributed by atoms with E-state index in [-0.39, 0.29) is 0 Å². The summed E-state index contributed by atoms with van der Waals surface area (Å²) in [7, 11) is 0. The van der Waals surface area contributed by atoms with E-state index in [0.29, 0.717) is 17.0 Å². The van der Waals surface area contributed by atoms with Crippen LogP contribution in [-0.4, -0.2) is 23.0 Å². The highest BCUT2D eigenvalue weighted by Gasteiger charge is 2.06. The summed E-state index contributed by atoms with van der Waals surface area (Å²) >= 11 is 1.80. The van der Waals surface area contributed by atoms with Gasteiger partial charge in [0.05, 0.1) is 0 Å². The van der Waals surface area contributed by atoms with Gasteiger partial charge in [0.15, 0.2) is 5.58 Å². The van der Waals surface area contributed by atoms with E-state index in [2.05, 4.69) is 23.5 Å². The van der Waals surface area contributed by atoms with Crippen LogP contribution in [0.4, 0.5) is 11.7 Å². The molecule has 1 aromatic carbocycles. The molecule has 0 radical (unpaired) electrons. The zero-order valence-electron chi connectivity index (χ0n) is 9.36. The molecule has 0 aliphatic heterocycles. The molecule has 0 amide bonds. The van der Waals surface area contributed by atoms with Crippen molar-refractivity contribution in [2.24, 2.45) is 0 Å². The molecule has 2 rings (SSSR count). The summed E-state index contributed by atoms with van der Waals surface area (Å²) in [4.78, 5) is 4.32. The van der Waals surface area contributed by atoms with E-state index in [1.54, 1.807) is 17.8 Å². The average molecular weight is 237 g/mol. The Morgan fingerprint density at radius 1 is 1.56 bits per heavy atom. The Morgan fingerprint density at radius 2 is 2.38 bits per heavy atom. The Hall–Kier alpha value is -1.36. The lowest BCUT2D eigenvalue weighted by Gasteiger charge is -2.06. The van der Waals surface area contributed by atoms with Crippen molar-refractivity contribution in [3.8, 4) is 0 Å². The fourth-order valence-corrected chi connectivity index (χ4v) is 1.58. The smallest absolute Gasteiger partial charge is 0.295 e. The van der Waals surface area contributed by atoms with Crippen LogP contribution < -0.4 is 11.1 Å². The highest BCUT2D eigenvalue weighted by molar-refractivity contribution is 7.99. The topological polar surface area (TPSA) is 64.1 Å². The molecule has 5 heteroatoms. The number of nitrogens with one attached hydrogen (secondary N) is 1. The van der Waals surface area contributed by atoms with E-state index < -0.39 is 0 Å². The summed E-state index contributed by atoms with van der Waals surface area (Å²) in [5, 5.41) is 3.69. The van der Waals surface area contributed by atoms with Gasteiger partial charge in [0.25, 0.3) is 6.01 Å². The van der Waals surface area contributed by atoms with Gasteiger partial charge < -0.3 is 15.5 Å². The average Bonchev–Trinajstić information content (AvgIpc) is 2.67. The van der Waals surface area contributed by atoms with E-state index in [0.717, 1.165) is 17.6 Å². The molecule has 0 saturated heterocycles.